The van der Waals surface area contributed by atoms with Gasteiger partial charge < -0.3 is 15.5 Å². The summed E-state index contributed by atoms with van der Waals surface area (Å²) >= 11 is 0. The molecule has 2 unspecified atom stereocenters. The van der Waals surface area contributed by atoms with Gasteiger partial charge in [0.05, 0.1) is 28.7 Å². The van der Waals surface area contributed by atoms with Crippen LogP contribution in [0.3, 0.4) is 0 Å². The first-order valence-electron chi connectivity index (χ1n) is 11.6. The van der Waals surface area contributed by atoms with Crippen molar-refractivity contribution in [3.63, 3.8) is 0 Å². The minimum absolute atomic E-state index is 0.218. The number of hydrogen-bond acceptors (Lipinski definition) is 3. The van der Waals surface area contributed by atoms with Gasteiger partial charge in [-0.3, -0.25) is 4.79 Å². The van der Waals surface area contributed by atoms with Crippen LogP contribution < -0.4 is 10.5 Å². The van der Waals surface area contributed by atoms with Crippen molar-refractivity contribution in [2.24, 2.45) is 5.73 Å². The molecule has 0 radical (unpaired) electrons. The largest absolute Gasteiger partial charge is 0.494 e. The van der Waals surface area contributed by atoms with E-state index in [0.29, 0.717) is 17.9 Å². The van der Waals surface area contributed by atoms with Crippen LogP contribution in [0.5, 0.6) is 5.75 Å². The maximum atomic E-state index is 12.2. The Morgan fingerprint density at radius 1 is 1.18 bits per heavy atom. The van der Waals surface area contributed by atoms with E-state index in [4.69, 9.17) is 10.5 Å². The Balaban J connectivity index is 0.00000187. The molecule has 2 atom stereocenters. The standard InChI is InChI=1S/C24H31N3O3S.C2H6/c1-5-30-19-9-7-8-17(12-19)18-13-20-22(15-26-23(20)21(14-18)24(25)28)16(3)10-11-27(4)31(29)6-2;1-2/h7-9,12-16,26H,5-6,10-11H2,1-4H3,(H2,25,28);1-2H3. The number of nitrogens with zero attached hydrogens (tertiary/aromatic N) is 1. The Hall–Kier alpha value is -2.64. The third-order valence-electron chi connectivity index (χ3n) is 5.57. The molecule has 0 spiro atoms. The van der Waals surface area contributed by atoms with E-state index in [1.807, 2.05) is 75.6 Å². The van der Waals surface area contributed by atoms with E-state index in [1.165, 1.54) is 0 Å². The molecule has 7 heteroatoms. The molecule has 1 amide bonds. The van der Waals surface area contributed by atoms with Crippen molar-refractivity contribution in [1.82, 2.24) is 9.29 Å². The van der Waals surface area contributed by atoms with Gasteiger partial charge >= 0.3 is 0 Å². The number of H-pyrrole nitrogens is 1. The van der Waals surface area contributed by atoms with Crippen LogP contribution >= 0.6 is 0 Å². The van der Waals surface area contributed by atoms with E-state index < -0.39 is 16.9 Å². The first kappa shape index (κ1) is 26.6. The number of nitrogens with two attached hydrogens (primary N) is 1. The summed E-state index contributed by atoms with van der Waals surface area (Å²) < 4.78 is 19.5. The van der Waals surface area contributed by atoms with Gasteiger partial charge in [0.25, 0.3) is 5.91 Å². The van der Waals surface area contributed by atoms with Crippen molar-refractivity contribution in [2.45, 2.75) is 47.0 Å². The van der Waals surface area contributed by atoms with Gasteiger partial charge in [-0.05, 0) is 67.3 Å². The molecular formula is C26H37N3O3S. The normalized spacial score (nSPS) is 12.8. The molecule has 180 valence electrons. The lowest BCUT2D eigenvalue weighted by Gasteiger charge is -2.18. The van der Waals surface area contributed by atoms with Crippen molar-refractivity contribution in [3.8, 4) is 16.9 Å². The van der Waals surface area contributed by atoms with Crippen LogP contribution in [-0.4, -0.2) is 45.4 Å². The van der Waals surface area contributed by atoms with Crippen LogP contribution in [0, 0.1) is 0 Å². The fourth-order valence-corrected chi connectivity index (χ4v) is 4.56. The fraction of sp³-hybridized carbons (Fsp3) is 0.423. The summed E-state index contributed by atoms with van der Waals surface area (Å²) in [6.45, 7) is 11.3. The molecule has 3 N–H and O–H groups in total. The van der Waals surface area contributed by atoms with Crippen LogP contribution in [0.25, 0.3) is 22.0 Å². The number of carbonyl (C=O) groups excluding carboxylic acids is 1. The summed E-state index contributed by atoms with van der Waals surface area (Å²) in [7, 11) is 0.933. The number of primary amides is 1. The first-order valence-corrected chi connectivity index (χ1v) is 12.9. The summed E-state index contributed by atoms with van der Waals surface area (Å²) in [6.07, 6.45) is 2.81. The molecule has 3 aromatic rings. The monoisotopic (exact) mass is 471 g/mol. The molecule has 3 rings (SSSR count). The van der Waals surface area contributed by atoms with Crippen LogP contribution in [0.2, 0.25) is 0 Å². The number of amides is 1. The third kappa shape index (κ3) is 6.45. The van der Waals surface area contributed by atoms with Crippen LogP contribution in [0.4, 0.5) is 0 Å². The number of nitrogens with one attached hydrogen (secondary N) is 1. The van der Waals surface area contributed by atoms with E-state index in [2.05, 4.69) is 18.0 Å². The molecular weight excluding hydrogens is 434 g/mol. The summed E-state index contributed by atoms with van der Waals surface area (Å²) in [6, 6.07) is 11.8. The SMILES string of the molecule is CC.CCOc1cccc(-c2cc(C(N)=O)c3[nH]cc(C(C)CCN(C)S(=O)CC)c3c2)c1. The molecule has 1 heterocycles. The number of aromatic nitrogens is 1. The second kappa shape index (κ2) is 12.6. The summed E-state index contributed by atoms with van der Waals surface area (Å²) in [4.78, 5) is 15.5. The van der Waals surface area contributed by atoms with E-state index in [0.717, 1.165) is 46.3 Å². The zero-order valence-corrected chi connectivity index (χ0v) is 21.4. The number of ether oxygens (including phenoxy) is 1. The third-order valence-corrected chi connectivity index (χ3v) is 6.94. The van der Waals surface area contributed by atoms with Crippen LogP contribution in [0.15, 0.2) is 42.6 Å². The highest BCUT2D eigenvalue weighted by Crippen LogP contribution is 2.34. The maximum Gasteiger partial charge on any atom is 0.250 e. The lowest BCUT2D eigenvalue weighted by Crippen LogP contribution is -2.24. The average Bonchev–Trinajstić information content (AvgIpc) is 3.26. The van der Waals surface area contributed by atoms with Gasteiger partial charge in [0.1, 0.15) is 5.75 Å². The Bertz CT molecular complexity index is 1090. The molecule has 0 fully saturated rings. The summed E-state index contributed by atoms with van der Waals surface area (Å²) in [5.74, 6) is 1.16. The molecule has 0 aliphatic carbocycles. The van der Waals surface area contributed by atoms with Crippen molar-refractivity contribution in [3.05, 3.63) is 53.7 Å². The van der Waals surface area contributed by atoms with Gasteiger partial charge in [0, 0.05) is 23.9 Å². The minimum atomic E-state index is -0.952. The van der Waals surface area contributed by atoms with Crippen molar-refractivity contribution < 1.29 is 13.7 Å². The quantitative estimate of drug-likeness (QED) is 0.411. The summed E-state index contributed by atoms with van der Waals surface area (Å²) in [5.41, 5.74) is 9.94. The Labute approximate surface area is 200 Å². The van der Waals surface area contributed by atoms with Crippen LogP contribution in [-0.2, 0) is 11.0 Å². The lowest BCUT2D eigenvalue weighted by molar-refractivity contribution is 0.100. The number of rotatable bonds is 10. The second-order valence-corrected chi connectivity index (χ2v) is 9.51. The zero-order chi connectivity index (χ0) is 24.5. The zero-order valence-electron chi connectivity index (χ0n) is 20.6. The highest BCUT2D eigenvalue weighted by atomic mass is 32.2. The Morgan fingerprint density at radius 2 is 1.91 bits per heavy atom. The molecule has 1 aromatic heterocycles. The van der Waals surface area contributed by atoms with Crippen molar-refractivity contribution in [1.29, 1.82) is 0 Å². The van der Waals surface area contributed by atoms with E-state index in [9.17, 15) is 9.00 Å². The molecule has 0 bridgehead atoms. The number of hydrogen-bond donors (Lipinski definition) is 2. The number of carbonyl (C=O) groups is 1. The number of aromatic amines is 1. The minimum Gasteiger partial charge on any atom is -0.494 e. The van der Waals surface area contributed by atoms with Gasteiger partial charge in [-0.2, -0.15) is 0 Å². The summed E-state index contributed by atoms with van der Waals surface area (Å²) in [5, 5.41) is 0.986. The average molecular weight is 472 g/mol. The predicted molar refractivity (Wildman–Crippen MR) is 139 cm³/mol. The molecule has 0 saturated carbocycles. The predicted octanol–water partition coefficient (Wildman–Crippen LogP) is 5.47. The van der Waals surface area contributed by atoms with E-state index >= 15 is 0 Å². The van der Waals surface area contributed by atoms with E-state index in [-0.39, 0.29) is 5.92 Å². The van der Waals surface area contributed by atoms with E-state index in [1.54, 1.807) is 0 Å². The molecule has 33 heavy (non-hydrogen) atoms. The molecule has 6 nitrogen and oxygen atoms in total. The second-order valence-electron chi connectivity index (χ2n) is 7.67. The number of fused-ring (bicyclic) bond motifs is 1. The highest BCUT2D eigenvalue weighted by Gasteiger charge is 2.18. The van der Waals surface area contributed by atoms with Gasteiger partial charge in [-0.25, -0.2) is 8.51 Å². The topological polar surface area (TPSA) is 88.4 Å². The molecule has 0 saturated heterocycles. The Kier molecular flexibility index (Phi) is 10.1. The van der Waals surface area contributed by atoms with Crippen molar-refractivity contribution in [2.75, 3.05) is 26.0 Å². The molecule has 2 aromatic carbocycles. The van der Waals surface area contributed by atoms with Gasteiger partial charge in [-0.15, -0.1) is 0 Å². The van der Waals surface area contributed by atoms with Crippen LogP contribution in [0.1, 0.15) is 62.9 Å². The van der Waals surface area contributed by atoms with Crippen molar-refractivity contribution >= 4 is 27.8 Å². The molecule has 0 aliphatic rings. The van der Waals surface area contributed by atoms with Gasteiger partial charge in [-0.1, -0.05) is 39.8 Å². The fourth-order valence-electron chi connectivity index (χ4n) is 3.81. The highest BCUT2D eigenvalue weighted by molar-refractivity contribution is 7.82. The van der Waals surface area contributed by atoms with Gasteiger partial charge in [0.2, 0.25) is 0 Å². The first-order chi connectivity index (χ1) is 15.8. The maximum absolute atomic E-state index is 12.2. The number of benzene rings is 2. The lowest BCUT2D eigenvalue weighted by atomic mass is 9.93. The van der Waals surface area contributed by atoms with Gasteiger partial charge in [0.15, 0.2) is 0 Å². The molecule has 0 aliphatic heterocycles. The smallest absolute Gasteiger partial charge is 0.250 e. The Morgan fingerprint density at radius 3 is 2.55 bits per heavy atom.